The molecule has 0 atom stereocenters. The zero-order chi connectivity index (χ0) is 35.4. The van der Waals surface area contributed by atoms with Gasteiger partial charge in [0.15, 0.2) is 0 Å². The van der Waals surface area contributed by atoms with Crippen LogP contribution in [-0.2, 0) is 0 Å². The second-order valence-corrected chi connectivity index (χ2v) is 13.4. The Bertz CT molecular complexity index is 2600. The Labute approximate surface area is 311 Å². The fraction of sp³-hybridized carbons (Fsp3) is 0. The van der Waals surface area contributed by atoms with Gasteiger partial charge in [0.1, 0.15) is 0 Å². The maximum absolute atomic E-state index is 2.35. The van der Waals surface area contributed by atoms with Crippen LogP contribution in [0.4, 0.5) is 17.1 Å². The van der Waals surface area contributed by atoms with Crippen LogP contribution in [0.2, 0.25) is 0 Å². The summed E-state index contributed by atoms with van der Waals surface area (Å²) in [4.78, 5) is 2.35. The molecule has 53 heavy (non-hydrogen) atoms. The molecule has 0 heterocycles. The minimum absolute atomic E-state index is 1.10. The van der Waals surface area contributed by atoms with Gasteiger partial charge in [-0.15, -0.1) is 0 Å². The van der Waals surface area contributed by atoms with Gasteiger partial charge in [-0.2, -0.15) is 0 Å². The summed E-state index contributed by atoms with van der Waals surface area (Å²) in [6.45, 7) is 0. The van der Waals surface area contributed by atoms with Crippen LogP contribution in [0, 0.1) is 0 Å². The van der Waals surface area contributed by atoms with Gasteiger partial charge in [0.25, 0.3) is 0 Å². The largest absolute Gasteiger partial charge is 0.311 e. The summed E-state index contributed by atoms with van der Waals surface area (Å²) < 4.78 is 0. The van der Waals surface area contributed by atoms with Gasteiger partial charge in [-0.05, 0) is 109 Å². The molecule has 0 aliphatic heterocycles. The van der Waals surface area contributed by atoms with Crippen LogP contribution in [-0.4, -0.2) is 0 Å². The Morgan fingerprint density at radius 3 is 1.21 bits per heavy atom. The second kappa shape index (κ2) is 14.3. The van der Waals surface area contributed by atoms with Crippen molar-refractivity contribution in [1.82, 2.24) is 0 Å². The van der Waals surface area contributed by atoms with E-state index in [0.717, 1.165) is 17.1 Å². The SMILES string of the molecule is c1ccc(-c2ccc(N(c3ccc(-c4cc(-c5ccccc5)ccc4-c4ccccc4)cc3)c3ccc(-c4cccc5ccccc45)cc3)cc2)cc1. The Kier molecular flexibility index (Phi) is 8.66. The monoisotopic (exact) mass is 675 g/mol. The van der Waals surface area contributed by atoms with E-state index in [1.807, 2.05) is 0 Å². The summed E-state index contributed by atoms with van der Waals surface area (Å²) in [7, 11) is 0. The third-order valence-corrected chi connectivity index (χ3v) is 10.1. The van der Waals surface area contributed by atoms with E-state index in [0.29, 0.717) is 0 Å². The number of fused-ring (bicyclic) bond motifs is 1. The zero-order valence-electron chi connectivity index (χ0n) is 29.3. The summed E-state index contributed by atoms with van der Waals surface area (Å²) in [6, 6.07) is 80.8. The smallest absolute Gasteiger partial charge is 0.0462 e. The van der Waals surface area contributed by atoms with E-state index in [2.05, 4.69) is 229 Å². The van der Waals surface area contributed by atoms with E-state index in [9.17, 15) is 0 Å². The number of hydrogen-bond donors (Lipinski definition) is 0. The molecule has 0 aromatic heterocycles. The molecule has 0 aliphatic rings. The average Bonchev–Trinajstić information content (AvgIpc) is 3.25. The Balaban J connectivity index is 1.13. The van der Waals surface area contributed by atoms with Crippen molar-refractivity contribution in [2.45, 2.75) is 0 Å². The van der Waals surface area contributed by atoms with Crippen molar-refractivity contribution < 1.29 is 0 Å². The van der Waals surface area contributed by atoms with Gasteiger partial charge < -0.3 is 4.90 Å². The van der Waals surface area contributed by atoms with E-state index >= 15 is 0 Å². The highest BCUT2D eigenvalue weighted by Crippen LogP contribution is 2.40. The molecule has 1 heteroatoms. The predicted octanol–water partition coefficient (Wildman–Crippen LogP) is 14.6. The zero-order valence-corrected chi connectivity index (χ0v) is 29.3. The normalized spacial score (nSPS) is 11.0. The van der Waals surface area contributed by atoms with Gasteiger partial charge in [-0.1, -0.05) is 182 Å². The van der Waals surface area contributed by atoms with E-state index in [-0.39, 0.29) is 0 Å². The fourth-order valence-corrected chi connectivity index (χ4v) is 7.40. The van der Waals surface area contributed by atoms with Crippen molar-refractivity contribution in [2.24, 2.45) is 0 Å². The third-order valence-electron chi connectivity index (χ3n) is 10.1. The molecule has 250 valence electrons. The Morgan fingerprint density at radius 1 is 0.226 bits per heavy atom. The molecule has 0 fully saturated rings. The molecule has 0 N–H and O–H groups in total. The first-order valence-electron chi connectivity index (χ1n) is 18.2. The third kappa shape index (κ3) is 6.53. The highest BCUT2D eigenvalue weighted by Gasteiger charge is 2.16. The number of benzene rings is 9. The first-order chi connectivity index (χ1) is 26.3. The number of anilines is 3. The highest BCUT2D eigenvalue weighted by atomic mass is 15.1. The lowest BCUT2D eigenvalue weighted by atomic mass is 9.91. The van der Waals surface area contributed by atoms with Crippen LogP contribution in [0.5, 0.6) is 0 Å². The summed E-state index contributed by atoms with van der Waals surface area (Å²) in [5.41, 5.74) is 15.4. The number of rotatable bonds is 8. The van der Waals surface area contributed by atoms with Crippen molar-refractivity contribution in [3.8, 4) is 55.6 Å². The molecule has 0 unspecified atom stereocenters. The minimum Gasteiger partial charge on any atom is -0.311 e. The molecule has 0 radical (unpaired) electrons. The second-order valence-electron chi connectivity index (χ2n) is 13.4. The molecule has 0 saturated carbocycles. The first-order valence-corrected chi connectivity index (χ1v) is 18.2. The van der Waals surface area contributed by atoms with Crippen LogP contribution in [0.1, 0.15) is 0 Å². The first kappa shape index (κ1) is 32.0. The molecule has 9 rings (SSSR count). The summed E-state index contributed by atoms with van der Waals surface area (Å²) >= 11 is 0. The quantitative estimate of drug-likeness (QED) is 0.155. The van der Waals surface area contributed by atoms with E-state index in [1.165, 1.54) is 66.4 Å². The molecular formula is C52H37N. The van der Waals surface area contributed by atoms with Gasteiger partial charge in [-0.3, -0.25) is 0 Å². The summed E-state index contributed by atoms with van der Waals surface area (Å²) in [6.07, 6.45) is 0. The standard InChI is InChI=1S/C52H37N/c1-4-13-38(14-5-1)40-23-30-46(31-24-40)53(47-32-25-43(26-33-47)50-22-12-20-42-19-10-11-21-49(42)50)48-34-27-44(28-35-48)52-37-45(39-15-6-2-7-16-39)29-36-51(52)41-17-8-3-9-18-41/h1-37H. The lowest BCUT2D eigenvalue weighted by Gasteiger charge is -2.26. The molecule has 0 aliphatic carbocycles. The summed E-state index contributed by atoms with van der Waals surface area (Å²) in [5, 5.41) is 2.51. The van der Waals surface area contributed by atoms with Gasteiger partial charge in [0, 0.05) is 17.1 Å². The average molecular weight is 676 g/mol. The highest BCUT2D eigenvalue weighted by molar-refractivity contribution is 5.97. The molecule has 9 aromatic carbocycles. The van der Waals surface area contributed by atoms with Crippen molar-refractivity contribution in [2.75, 3.05) is 4.90 Å². The van der Waals surface area contributed by atoms with Gasteiger partial charge in [0.05, 0.1) is 0 Å². The van der Waals surface area contributed by atoms with Crippen LogP contribution < -0.4 is 4.90 Å². The van der Waals surface area contributed by atoms with Crippen molar-refractivity contribution in [3.05, 3.63) is 224 Å². The van der Waals surface area contributed by atoms with Gasteiger partial charge >= 0.3 is 0 Å². The van der Waals surface area contributed by atoms with Crippen LogP contribution in [0.3, 0.4) is 0 Å². The van der Waals surface area contributed by atoms with E-state index in [4.69, 9.17) is 0 Å². The van der Waals surface area contributed by atoms with Crippen LogP contribution >= 0.6 is 0 Å². The van der Waals surface area contributed by atoms with E-state index < -0.39 is 0 Å². The Morgan fingerprint density at radius 2 is 0.623 bits per heavy atom. The molecule has 0 bridgehead atoms. The lowest BCUT2D eigenvalue weighted by molar-refractivity contribution is 1.28. The number of hydrogen-bond acceptors (Lipinski definition) is 1. The van der Waals surface area contributed by atoms with Crippen LogP contribution in [0.15, 0.2) is 224 Å². The molecule has 0 amide bonds. The number of nitrogens with zero attached hydrogens (tertiary/aromatic N) is 1. The molecular weight excluding hydrogens is 639 g/mol. The topological polar surface area (TPSA) is 3.24 Å². The van der Waals surface area contributed by atoms with Crippen molar-refractivity contribution in [1.29, 1.82) is 0 Å². The van der Waals surface area contributed by atoms with Crippen LogP contribution in [0.25, 0.3) is 66.4 Å². The van der Waals surface area contributed by atoms with Gasteiger partial charge in [-0.25, -0.2) is 0 Å². The molecule has 1 nitrogen and oxygen atoms in total. The Hall–Kier alpha value is -6.96. The fourth-order valence-electron chi connectivity index (χ4n) is 7.40. The minimum atomic E-state index is 1.10. The molecule has 9 aromatic rings. The predicted molar refractivity (Wildman–Crippen MR) is 226 cm³/mol. The summed E-state index contributed by atoms with van der Waals surface area (Å²) in [5.74, 6) is 0. The maximum atomic E-state index is 2.35. The molecule has 0 saturated heterocycles. The van der Waals surface area contributed by atoms with Crippen molar-refractivity contribution in [3.63, 3.8) is 0 Å². The maximum Gasteiger partial charge on any atom is 0.0462 e. The van der Waals surface area contributed by atoms with E-state index in [1.54, 1.807) is 0 Å². The molecule has 0 spiro atoms. The van der Waals surface area contributed by atoms with Gasteiger partial charge in [0.2, 0.25) is 0 Å². The van der Waals surface area contributed by atoms with Crippen molar-refractivity contribution >= 4 is 27.8 Å². The lowest BCUT2D eigenvalue weighted by Crippen LogP contribution is -2.09.